The third-order valence-corrected chi connectivity index (χ3v) is 6.45. The Hall–Kier alpha value is -2.94. The number of benzene rings is 2. The number of nitrogens with zero attached hydrogens (tertiary/aromatic N) is 3. The Morgan fingerprint density at radius 1 is 0.971 bits per heavy atom. The van der Waals surface area contributed by atoms with Crippen molar-refractivity contribution in [3.63, 3.8) is 0 Å². The summed E-state index contributed by atoms with van der Waals surface area (Å²) in [7, 11) is 0. The van der Waals surface area contributed by atoms with Crippen LogP contribution in [0.3, 0.4) is 0 Å². The van der Waals surface area contributed by atoms with Crippen LogP contribution in [0.4, 0.5) is 5.69 Å². The highest BCUT2D eigenvalue weighted by Crippen LogP contribution is 2.17. The van der Waals surface area contributed by atoms with Crippen molar-refractivity contribution in [3.8, 4) is 0 Å². The predicted molar refractivity (Wildman–Crippen MR) is 131 cm³/mol. The van der Waals surface area contributed by atoms with Crippen molar-refractivity contribution in [3.05, 3.63) is 65.2 Å². The topological polar surface area (TPSA) is 85.0 Å². The largest absolute Gasteiger partial charge is 0.353 e. The van der Waals surface area contributed by atoms with Crippen LogP contribution in [0.1, 0.15) is 12.0 Å². The molecule has 2 N–H and O–H groups in total. The van der Waals surface area contributed by atoms with Gasteiger partial charge in [-0.15, -0.1) is 0 Å². The zero-order chi connectivity index (χ0) is 23.9. The van der Waals surface area contributed by atoms with E-state index >= 15 is 0 Å². The van der Waals surface area contributed by atoms with E-state index in [1.807, 2.05) is 18.2 Å². The zero-order valence-corrected chi connectivity index (χ0v) is 19.8. The molecule has 2 aromatic carbocycles. The summed E-state index contributed by atoms with van der Waals surface area (Å²) in [5.74, 6) is -0.753. The fourth-order valence-electron chi connectivity index (χ4n) is 4.40. The van der Waals surface area contributed by atoms with Gasteiger partial charge in [0.05, 0.1) is 13.0 Å². The molecule has 0 aromatic heterocycles. The standard InChI is InChI=1S/C25H30ClN5O3/c26-20-7-4-8-21(15-20)28-23(32)16-22-25(34)27-9-10-31(22)24(33)18-30-13-11-29(12-14-30)17-19-5-2-1-3-6-19/h1-8,15,22H,9-14,16-18H2,(H,27,34)(H,28,32)/t22-/m1/s1. The molecule has 0 radical (unpaired) electrons. The third kappa shape index (κ3) is 6.56. The number of carbonyl (C=O) groups is 3. The lowest BCUT2D eigenvalue weighted by Gasteiger charge is -2.38. The van der Waals surface area contributed by atoms with Crippen LogP contribution < -0.4 is 10.6 Å². The van der Waals surface area contributed by atoms with Crippen LogP contribution in [0.5, 0.6) is 0 Å². The summed E-state index contributed by atoms with van der Waals surface area (Å²) in [4.78, 5) is 44.3. The first-order valence-corrected chi connectivity index (χ1v) is 12.0. The fraction of sp³-hybridized carbons (Fsp3) is 0.400. The van der Waals surface area contributed by atoms with Gasteiger partial charge in [0.15, 0.2) is 0 Å². The van der Waals surface area contributed by atoms with Crippen LogP contribution in [0.2, 0.25) is 5.02 Å². The fourth-order valence-corrected chi connectivity index (χ4v) is 4.59. The SMILES string of the molecule is O=C(C[C@@H]1C(=O)NCCN1C(=O)CN1CCN(Cc2ccccc2)CC1)Nc1cccc(Cl)c1. The molecule has 4 rings (SSSR count). The summed E-state index contributed by atoms with van der Waals surface area (Å²) in [5, 5.41) is 6.04. The first kappa shape index (κ1) is 24.2. The third-order valence-electron chi connectivity index (χ3n) is 6.21. The van der Waals surface area contributed by atoms with Gasteiger partial charge in [0.1, 0.15) is 6.04 Å². The number of halogens is 1. The minimum atomic E-state index is -0.820. The van der Waals surface area contributed by atoms with Crippen LogP contribution in [-0.2, 0) is 20.9 Å². The highest BCUT2D eigenvalue weighted by molar-refractivity contribution is 6.30. The molecule has 2 aliphatic rings. The summed E-state index contributed by atoms with van der Waals surface area (Å²) in [5.41, 5.74) is 1.84. The molecule has 8 nitrogen and oxygen atoms in total. The minimum Gasteiger partial charge on any atom is -0.353 e. The van der Waals surface area contributed by atoms with Crippen molar-refractivity contribution < 1.29 is 14.4 Å². The van der Waals surface area contributed by atoms with E-state index in [0.717, 1.165) is 32.7 Å². The van der Waals surface area contributed by atoms with Gasteiger partial charge in [-0.2, -0.15) is 0 Å². The Bertz CT molecular complexity index is 1010. The van der Waals surface area contributed by atoms with Crippen LogP contribution in [0, 0.1) is 0 Å². The van der Waals surface area contributed by atoms with Gasteiger partial charge >= 0.3 is 0 Å². The van der Waals surface area contributed by atoms with Crippen molar-refractivity contribution in [2.45, 2.75) is 19.0 Å². The highest BCUT2D eigenvalue weighted by atomic mass is 35.5. The first-order valence-electron chi connectivity index (χ1n) is 11.6. The lowest BCUT2D eigenvalue weighted by molar-refractivity contribution is -0.145. The normalized spacial score (nSPS) is 19.5. The van der Waals surface area contributed by atoms with Gasteiger partial charge in [0.25, 0.3) is 0 Å². The van der Waals surface area contributed by atoms with Gasteiger partial charge in [-0.25, -0.2) is 0 Å². The van der Waals surface area contributed by atoms with Crippen LogP contribution in [0.15, 0.2) is 54.6 Å². The van der Waals surface area contributed by atoms with Gasteiger partial charge in [-0.1, -0.05) is 48.0 Å². The molecule has 0 spiro atoms. The monoisotopic (exact) mass is 483 g/mol. The Morgan fingerprint density at radius 3 is 2.44 bits per heavy atom. The summed E-state index contributed by atoms with van der Waals surface area (Å²) in [6.45, 7) is 5.28. The molecule has 2 aromatic rings. The maximum absolute atomic E-state index is 13.1. The van der Waals surface area contributed by atoms with Crippen molar-refractivity contribution >= 4 is 35.0 Å². The molecule has 0 bridgehead atoms. The molecule has 0 saturated carbocycles. The Labute approximate surface area is 204 Å². The number of amides is 3. The second-order valence-electron chi connectivity index (χ2n) is 8.69. The summed E-state index contributed by atoms with van der Waals surface area (Å²) < 4.78 is 0. The van der Waals surface area contributed by atoms with Crippen LogP contribution in [-0.4, -0.2) is 84.3 Å². The van der Waals surface area contributed by atoms with E-state index in [1.165, 1.54) is 5.56 Å². The molecule has 2 saturated heterocycles. The molecule has 2 fully saturated rings. The summed E-state index contributed by atoms with van der Waals surface area (Å²) >= 11 is 5.97. The van der Waals surface area contributed by atoms with Gasteiger partial charge < -0.3 is 15.5 Å². The molecular weight excluding hydrogens is 454 g/mol. The van der Waals surface area contributed by atoms with Crippen molar-refractivity contribution in [1.29, 1.82) is 0 Å². The van der Waals surface area contributed by atoms with Gasteiger partial charge in [0.2, 0.25) is 17.7 Å². The number of piperazine rings is 2. The Morgan fingerprint density at radius 2 is 1.71 bits per heavy atom. The van der Waals surface area contributed by atoms with E-state index in [1.54, 1.807) is 29.2 Å². The van der Waals surface area contributed by atoms with Gasteiger partial charge in [-0.05, 0) is 23.8 Å². The number of carbonyl (C=O) groups excluding carboxylic acids is 3. The zero-order valence-electron chi connectivity index (χ0n) is 19.1. The average Bonchev–Trinajstić information content (AvgIpc) is 2.82. The maximum atomic E-state index is 13.1. The van der Waals surface area contributed by atoms with Crippen molar-refractivity contribution in [1.82, 2.24) is 20.0 Å². The first-order chi connectivity index (χ1) is 16.5. The molecule has 9 heteroatoms. The van der Waals surface area contributed by atoms with Gasteiger partial charge in [-0.3, -0.25) is 24.2 Å². The van der Waals surface area contributed by atoms with Gasteiger partial charge in [0, 0.05) is 56.5 Å². The van der Waals surface area contributed by atoms with E-state index in [0.29, 0.717) is 23.8 Å². The van der Waals surface area contributed by atoms with E-state index in [9.17, 15) is 14.4 Å². The van der Waals surface area contributed by atoms with Crippen molar-refractivity contribution in [2.75, 3.05) is 51.1 Å². The number of hydrogen-bond acceptors (Lipinski definition) is 5. The van der Waals surface area contributed by atoms with Crippen molar-refractivity contribution in [2.24, 2.45) is 0 Å². The second kappa shape index (κ2) is 11.5. The number of nitrogens with one attached hydrogen (secondary N) is 2. The van der Waals surface area contributed by atoms with E-state index in [2.05, 4.69) is 32.6 Å². The molecule has 2 heterocycles. The van der Waals surface area contributed by atoms with Crippen LogP contribution >= 0.6 is 11.6 Å². The number of rotatable bonds is 7. The molecule has 2 aliphatic heterocycles. The molecule has 0 aliphatic carbocycles. The molecule has 1 atom stereocenters. The molecule has 3 amide bonds. The van der Waals surface area contributed by atoms with E-state index < -0.39 is 6.04 Å². The lowest BCUT2D eigenvalue weighted by atomic mass is 10.1. The van der Waals surface area contributed by atoms with Crippen LogP contribution in [0.25, 0.3) is 0 Å². The smallest absolute Gasteiger partial charge is 0.243 e. The minimum absolute atomic E-state index is 0.102. The molecule has 0 unspecified atom stereocenters. The lowest BCUT2D eigenvalue weighted by Crippen LogP contribution is -2.60. The Kier molecular flexibility index (Phi) is 8.16. The quantitative estimate of drug-likeness (QED) is 0.627. The summed E-state index contributed by atoms with van der Waals surface area (Å²) in [6, 6.07) is 16.4. The second-order valence-corrected chi connectivity index (χ2v) is 9.13. The Balaban J connectivity index is 1.29. The molecule has 180 valence electrons. The van der Waals surface area contributed by atoms with E-state index in [-0.39, 0.29) is 30.7 Å². The highest BCUT2D eigenvalue weighted by Gasteiger charge is 2.35. The summed E-state index contributed by atoms with van der Waals surface area (Å²) in [6.07, 6.45) is -0.102. The average molecular weight is 484 g/mol. The van der Waals surface area contributed by atoms with E-state index in [4.69, 9.17) is 11.6 Å². The number of hydrogen-bond donors (Lipinski definition) is 2. The molecular formula is C25H30ClN5O3. The maximum Gasteiger partial charge on any atom is 0.243 e. The predicted octanol–water partition coefficient (Wildman–Crippen LogP) is 1.81. The molecule has 34 heavy (non-hydrogen) atoms. The number of anilines is 1.